The van der Waals surface area contributed by atoms with E-state index in [2.05, 4.69) is 26.7 Å². The number of H-pyrrole nitrogens is 1. The van der Waals surface area contributed by atoms with Gasteiger partial charge in [0, 0.05) is 11.4 Å². The smallest absolute Gasteiger partial charge is 0.259 e. The summed E-state index contributed by atoms with van der Waals surface area (Å²) in [5, 5.41) is 10.1. The number of thioether (sulfide) groups is 1. The minimum Gasteiger partial charge on any atom is -0.469 e. The Hall–Kier alpha value is -2.65. The summed E-state index contributed by atoms with van der Waals surface area (Å²) in [6.45, 7) is 10.3. The van der Waals surface area contributed by atoms with Gasteiger partial charge in [-0.3, -0.25) is 9.36 Å². The first-order valence-electron chi connectivity index (χ1n) is 8.69. The molecule has 0 atom stereocenters. The van der Waals surface area contributed by atoms with E-state index in [0.29, 0.717) is 23.5 Å². The van der Waals surface area contributed by atoms with Gasteiger partial charge >= 0.3 is 0 Å². The minimum atomic E-state index is -0.0929. The first-order chi connectivity index (χ1) is 13.5. The predicted molar refractivity (Wildman–Crippen MR) is 112 cm³/mol. The van der Waals surface area contributed by atoms with Crippen molar-refractivity contribution >= 4 is 33.3 Å². The van der Waals surface area contributed by atoms with E-state index in [1.54, 1.807) is 23.7 Å². The van der Waals surface area contributed by atoms with E-state index in [1.165, 1.54) is 11.8 Å². The normalized spacial score (nSPS) is 11.4. The lowest BCUT2D eigenvalue weighted by atomic mass is 10.2. The van der Waals surface area contributed by atoms with Gasteiger partial charge in [-0.15, -0.1) is 28.1 Å². The Bertz CT molecular complexity index is 1230. The second-order valence-corrected chi connectivity index (χ2v) is 8.51. The van der Waals surface area contributed by atoms with E-state index in [4.69, 9.17) is 4.42 Å². The Morgan fingerprint density at radius 3 is 2.89 bits per heavy atom. The molecule has 0 saturated heterocycles. The molecule has 0 amide bonds. The third kappa shape index (κ3) is 3.20. The van der Waals surface area contributed by atoms with Crippen molar-refractivity contribution in [2.24, 2.45) is 0 Å². The lowest BCUT2D eigenvalue weighted by Crippen LogP contribution is -2.11. The summed E-state index contributed by atoms with van der Waals surface area (Å²) in [5.74, 6) is 2.63. The molecule has 1 N–H and O–H groups in total. The summed E-state index contributed by atoms with van der Waals surface area (Å²) in [4.78, 5) is 21.9. The summed E-state index contributed by atoms with van der Waals surface area (Å²) in [5.41, 5.74) is 1.81. The number of aromatic nitrogens is 5. The summed E-state index contributed by atoms with van der Waals surface area (Å²) >= 11 is 3.02. The van der Waals surface area contributed by atoms with Crippen LogP contribution in [0.15, 0.2) is 39.4 Å². The van der Waals surface area contributed by atoms with E-state index in [0.717, 1.165) is 37.6 Å². The SMILES string of the molecule is C=CCn1c(SCc2nc3sc(C)c(C)c3c(=O)[nH]2)nnc1-c1ccoc1C. The first kappa shape index (κ1) is 18.7. The second kappa shape index (κ2) is 7.40. The van der Waals surface area contributed by atoms with Crippen LogP contribution in [0.25, 0.3) is 21.6 Å². The highest BCUT2D eigenvalue weighted by molar-refractivity contribution is 7.98. The van der Waals surface area contributed by atoms with Crippen LogP contribution in [0.2, 0.25) is 0 Å². The fourth-order valence-electron chi connectivity index (χ4n) is 3.01. The maximum atomic E-state index is 12.5. The standard InChI is InChI=1S/C19H19N5O2S2/c1-5-7-24-16(13-6-8-26-11(13)3)22-23-19(24)27-9-14-20-17(25)15-10(2)12(4)28-18(15)21-14/h5-6,8H,1,7,9H2,2-4H3,(H,20,21,25). The topological polar surface area (TPSA) is 89.6 Å². The average molecular weight is 414 g/mol. The van der Waals surface area contributed by atoms with E-state index in [1.807, 2.05) is 31.4 Å². The molecule has 0 aliphatic heterocycles. The maximum absolute atomic E-state index is 12.5. The quantitative estimate of drug-likeness (QED) is 0.376. The number of rotatable bonds is 6. The van der Waals surface area contributed by atoms with Crippen molar-refractivity contribution in [2.45, 2.75) is 38.2 Å². The number of allylic oxidation sites excluding steroid dienone is 1. The molecule has 4 aromatic rings. The van der Waals surface area contributed by atoms with Gasteiger partial charge in [0.15, 0.2) is 11.0 Å². The Morgan fingerprint density at radius 1 is 1.36 bits per heavy atom. The van der Waals surface area contributed by atoms with Crippen molar-refractivity contribution < 1.29 is 4.42 Å². The summed E-state index contributed by atoms with van der Waals surface area (Å²) in [6, 6.07) is 1.88. The van der Waals surface area contributed by atoms with Crippen LogP contribution in [-0.4, -0.2) is 24.7 Å². The monoisotopic (exact) mass is 413 g/mol. The number of aromatic amines is 1. The molecule has 0 bridgehead atoms. The molecule has 0 aliphatic rings. The van der Waals surface area contributed by atoms with Crippen molar-refractivity contribution in [3.05, 3.63) is 57.4 Å². The van der Waals surface area contributed by atoms with Gasteiger partial charge in [0.25, 0.3) is 5.56 Å². The molecular weight excluding hydrogens is 394 g/mol. The molecule has 0 aliphatic carbocycles. The molecule has 28 heavy (non-hydrogen) atoms. The third-order valence-electron chi connectivity index (χ3n) is 4.55. The molecule has 0 fully saturated rings. The van der Waals surface area contributed by atoms with Gasteiger partial charge in [-0.1, -0.05) is 17.8 Å². The van der Waals surface area contributed by atoms with Gasteiger partial charge in [0.2, 0.25) is 0 Å². The number of thiophene rings is 1. The Kier molecular flexibility index (Phi) is 4.94. The molecule has 4 rings (SSSR count). The molecule has 0 spiro atoms. The predicted octanol–water partition coefficient (Wildman–Crippen LogP) is 4.24. The van der Waals surface area contributed by atoms with Crippen LogP contribution < -0.4 is 5.56 Å². The van der Waals surface area contributed by atoms with Crippen molar-refractivity contribution in [1.29, 1.82) is 0 Å². The highest BCUT2D eigenvalue weighted by atomic mass is 32.2. The van der Waals surface area contributed by atoms with Crippen LogP contribution in [0, 0.1) is 20.8 Å². The number of hydrogen-bond acceptors (Lipinski definition) is 7. The van der Waals surface area contributed by atoms with Crippen LogP contribution in [0.4, 0.5) is 0 Å². The van der Waals surface area contributed by atoms with E-state index >= 15 is 0 Å². The molecule has 4 heterocycles. The van der Waals surface area contributed by atoms with E-state index in [9.17, 15) is 4.79 Å². The second-order valence-electron chi connectivity index (χ2n) is 6.36. The molecule has 4 aromatic heterocycles. The first-order valence-corrected chi connectivity index (χ1v) is 10.5. The van der Waals surface area contributed by atoms with Gasteiger partial charge in [-0.25, -0.2) is 4.98 Å². The van der Waals surface area contributed by atoms with E-state index in [-0.39, 0.29) is 5.56 Å². The third-order valence-corrected chi connectivity index (χ3v) is 6.63. The van der Waals surface area contributed by atoms with Crippen LogP contribution in [-0.2, 0) is 12.3 Å². The van der Waals surface area contributed by atoms with Gasteiger partial charge < -0.3 is 9.40 Å². The Morgan fingerprint density at radius 2 is 2.18 bits per heavy atom. The highest BCUT2D eigenvalue weighted by Crippen LogP contribution is 2.29. The van der Waals surface area contributed by atoms with Gasteiger partial charge in [-0.05, 0) is 32.4 Å². The van der Waals surface area contributed by atoms with E-state index < -0.39 is 0 Å². The van der Waals surface area contributed by atoms with Crippen LogP contribution >= 0.6 is 23.1 Å². The number of nitrogens with zero attached hydrogens (tertiary/aromatic N) is 4. The number of furan rings is 1. The van der Waals surface area contributed by atoms with Crippen molar-refractivity contribution in [3.63, 3.8) is 0 Å². The maximum Gasteiger partial charge on any atom is 0.259 e. The zero-order valence-electron chi connectivity index (χ0n) is 15.8. The Labute approximate surface area is 169 Å². The van der Waals surface area contributed by atoms with Gasteiger partial charge in [0.05, 0.1) is 23.0 Å². The molecule has 7 nitrogen and oxygen atoms in total. The zero-order valence-corrected chi connectivity index (χ0v) is 17.4. The number of fused-ring (bicyclic) bond motifs is 1. The molecule has 9 heteroatoms. The van der Waals surface area contributed by atoms with Crippen LogP contribution in [0.3, 0.4) is 0 Å². The molecule has 0 unspecified atom stereocenters. The molecule has 144 valence electrons. The zero-order chi connectivity index (χ0) is 19.8. The minimum absolute atomic E-state index is 0.0929. The lowest BCUT2D eigenvalue weighted by molar-refractivity contribution is 0.534. The molecule has 0 aromatic carbocycles. The number of aryl methyl sites for hydroxylation is 3. The molecule has 0 radical (unpaired) electrons. The van der Waals surface area contributed by atoms with Crippen molar-refractivity contribution in [3.8, 4) is 11.4 Å². The van der Waals surface area contributed by atoms with Gasteiger partial charge in [0.1, 0.15) is 16.4 Å². The fraction of sp³-hybridized carbons (Fsp3) is 0.263. The number of nitrogens with one attached hydrogen (secondary N) is 1. The van der Waals surface area contributed by atoms with Crippen molar-refractivity contribution in [1.82, 2.24) is 24.7 Å². The summed E-state index contributed by atoms with van der Waals surface area (Å²) in [7, 11) is 0. The van der Waals surface area contributed by atoms with Gasteiger partial charge in [-0.2, -0.15) is 0 Å². The molecule has 0 saturated carbocycles. The van der Waals surface area contributed by atoms with Crippen LogP contribution in [0.1, 0.15) is 22.0 Å². The largest absolute Gasteiger partial charge is 0.469 e. The lowest BCUT2D eigenvalue weighted by Gasteiger charge is -2.07. The van der Waals surface area contributed by atoms with Crippen LogP contribution in [0.5, 0.6) is 0 Å². The average Bonchev–Trinajstić information content (AvgIpc) is 3.32. The summed E-state index contributed by atoms with van der Waals surface area (Å²) in [6.07, 6.45) is 3.44. The molecular formula is C19H19N5O2S2. The fourth-order valence-corrected chi connectivity index (χ4v) is 4.87. The summed E-state index contributed by atoms with van der Waals surface area (Å²) < 4.78 is 7.37. The van der Waals surface area contributed by atoms with Crippen molar-refractivity contribution in [2.75, 3.05) is 0 Å². The number of hydrogen-bond donors (Lipinski definition) is 1. The Balaban J connectivity index is 1.64. The highest BCUT2D eigenvalue weighted by Gasteiger charge is 2.18.